The van der Waals surface area contributed by atoms with Gasteiger partial charge in [0.2, 0.25) is 5.91 Å². The third-order valence-electron chi connectivity index (χ3n) is 3.05. The van der Waals surface area contributed by atoms with Crippen molar-refractivity contribution >= 4 is 22.4 Å². The van der Waals surface area contributed by atoms with Crippen molar-refractivity contribution in [2.45, 2.75) is 12.8 Å². The summed E-state index contributed by atoms with van der Waals surface area (Å²) in [6, 6.07) is 5.43. The Kier molecular flexibility index (Phi) is 4.62. The van der Waals surface area contributed by atoms with Gasteiger partial charge in [0.25, 0.3) is 5.88 Å². The highest BCUT2D eigenvalue weighted by Gasteiger charge is 2.10. The van der Waals surface area contributed by atoms with E-state index in [1.54, 1.807) is 18.5 Å². The molecule has 0 unspecified atom stereocenters. The summed E-state index contributed by atoms with van der Waals surface area (Å²) in [5.74, 6) is 0.876. The van der Waals surface area contributed by atoms with Crippen LogP contribution in [0.1, 0.15) is 12.2 Å². The number of hydrogen-bond donors (Lipinski definition) is 1. The van der Waals surface area contributed by atoms with Crippen molar-refractivity contribution in [3.63, 3.8) is 0 Å². The van der Waals surface area contributed by atoms with E-state index in [0.717, 1.165) is 11.3 Å². The summed E-state index contributed by atoms with van der Waals surface area (Å²) in [6.07, 6.45) is 4.16. The highest BCUT2D eigenvalue weighted by Crippen LogP contribution is 2.24. The molecule has 0 aliphatic heterocycles. The number of hydrogen-bond acceptors (Lipinski definition) is 7. The number of carbonyl (C=O) groups excluding carboxylic acids is 1. The Morgan fingerprint density at radius 3 is 3.13 bits per heavy atom. The Labute approximate surface area is 136 Å². The number of nitrogens with zero attached hydrogens (tertiary/aromatic N) is 3. The Balaban J connectivity index is 1.55. The second-order valence-corrected chi connectivity index (χ2v) is 5.52. The molecule has 0 aliphatic rings. The molecule has 0 fully saturated rings. The molecule has 23 heavy (non-hydrogen) atoms. The second-order valence-electron chi connectivity index (χ2n) is 4.66. The Hall–Kier alpha value is -2.74. The fourth-order valence-corrected chi connectivity index (χ4v) is 2.64. The van der Waals surface area contributed by atoms with Crippen LogP contribution in [0.5, 0.6) is 5.88 Å². The zero-order chi connectivity index (χ0) is 16.1. The zero-order valence-corrected chi connectivity index (χ0v) is 13.2. The molecule has 1 N–H and O–H groups in total. The number of aryl methyl sites for hydroxylation is 1. The molecule has 3 rings (SSSR count). The fraction of sp³-hybridized carbons (Fsp3) is 0.200. The molecule has 0 radical (unpaired) electrons. The minimum Gasteiger partial charge on any atom is -0.479 e. The van der Waals surface area contributed by atoms with Crippen molar-refractivity contribution in [2.24, 2.45) is 0 Å². The first kappa shape index (κ1) is 15.2. The number of methoxy groups -OCH3 is 1. The van der Waals surface area contributed by atoms with Crippen LogP contribution < -0.4 is 10.1 Å². The van der Waals surface area contributed by atoms with Gasteiger partial charge in [-0.05, 0) is 17.3 Å². The minimum absolute atomic E-state index is 0.132. The molecule has 3 aromatic rings. The highest BCUT2D eigenvalue weighted by molar-refractivity contribution is 7.14. The highest BCUT2D eigenvalue weighted by atomic mass is 32.1. The number of rotatable bonds is 6. The van der Waals surface area contributed by atoms with Gasteiger partial charge in [-0.1, -0.05) is 0 Å². The van der Waals surface area contributed by atoms with Gasteiger partial charge in [-0.15, -0.1) is 11.3 Å². The SMILES string of the molecule is COc1cc(CCC(=O)Nc2nc(-c3cccnc3)cs2)on1. The standard InChI is InChI=1S/C15H14N4O3S/c1-21-14-7-11(22-19-14)4-5-13(20)18-15-17-12(9-23-15)10-3-2-6-16-8-10/h2-3,6-9H,4-5H2,1H3,(H,17,18,20). The van der Waals surface area contributed by atoms with Gasteiger partial charge in [-0.3, -0.25) is 9.78 Å². The normalized spacial score (nSPS) is 10.5. The van der Waals surface area contributed by atoms with Crippen molar-refractivity contribution in [1.29, 1.82) is 0 Å². The Bertz CT molecular complexity index is 785. The van der Waals surface area contributed by atoms with Crippen molar-refractivity contribution in [2.75, 3.05) is 12.4 Å². The van der Waals surface area contributed by atoms with Gasteiger partial charge in [-0.25, -0.2) is 4.98 Å². The van der Waals surface area contributed by atoms with E-state index in [1.165, 1.54) is 18.4 Å². The number of anilines is 1. The van der Waals surface area contributed by atoms with Gasteiger partial charge in [0.15, 0.2) is 5.13 Å². The van der Waals surface area contributed by atoms with Crippen LogP contribution in [0.3, 0.4) is 0 Å². The number of thiazole rings is 1. The van der Waals surface area contributed by atoms with Crippen LogP contribution >= 0.6 is 11.3 Å². The molecular weight excluding hydrogens is 316 g/mol. The monoisotopic (exact) mass is 330 g/mol. The third kappa shape index (κ3) is 3.92. The molecule has 0 spiro atoms. The molecule has 3 aromatic heterocycles. The summed E-state index contributed by atoms with van der Waals surface area (Å²) in [5, 5.41) is 8.91. The van der Waals surface area contributed by atoms with Crippen LogP contribution in [-0.4, -0.2) is 28.1 Å². The maximum atomic E-state index is 12.0. The average Bonchev–Trinajstić information content (AvgIpc) is 3.23. The molecule has 0 saturated carbocycles. The van der Waals surface area contributed by atoms with Crippen molar-refractivity contribution < 1.29 is 14.1 Å². The van der Waals surface area contributed by atoms with Crippen LogP contribution in [0.4, 0.5) is 5.13 Å². The maximum absolute atomic E-state index is 12.0. The second kappa shape index (κ2) is 7.01. The van der Waals surface area contributed by atoms with E-state index < -0.39 is 0 Å². The average molecular weight is 330 g/mol. The van der Waals surface area contributed by atoms with Crippen LogP contribution in [0.25, 0.3) is 11.3 Å². The van der Waals surface area contributed by atoms with Gasteiger partial charge in [0.1, 0.15) is 5.76 Å². The molecule has 118 valence electrons. The van der Waals surface area contributed by atoms with Gasteiger partial charge in [-0.2, -0.15) is 0 Å². The number of nitrogens with one attached hydrogen (secondary N) is 1. The number of carbonyl (C=O) groups is 1. The predicted octanol–water partition coefficient (Wildman–Crippen LogP) is 2.77. The third-order valence-corrected chi connectivity index (χ3v) is 3.81. The zero-order valence-electron chi connectivity index (χ0n) is 12.4. The minimum atomic E-state index is -0.132. The number of aromatic nitrogens is 3. The first-order valence-corrected chi connectivity index (χ1v) is 7.78. The van der Waals surface area contributed by atoms with Crippen molar-refractivity contribution in [1.82, 2.24) is 15.1 Å². The lowest BCUT2D eigenvalue weighted by molar-refractivity contribution is -0.116. The van der Waals surface area contributed by atoms with Gasteiger partial charge < -0.3 is 14.6 Å². The van der Waals surface area contributed by atoms with E-state index in [1.807, 2.05) is 17.5 Å². The summed E-state index contributed by atoms with van der Waals surface area (Å²) in [4.78, 5) is 20.4. The topological polar surface area (TPSA) is 90.1 Å². The molecule has 0 atom stereocenters. The van der Waals surface area contributed by atoms with E-state index in [4.69, 9.17) is 9.26 Å². The largest absolute Gasteiger partial charge is 0.479 e. The lowest BCUT2D eigenvalue weighted by Gasteiger charge is -1.99. The molecule has 0 bridgehead atoms. The van der Waals surface area contributed by atoms with Crippen LogP contribution in [0, 0.1) is 0 Å². The molecule has 7 nitrogen and oxygen atoms in total. The van der Waals surface area contributed by atoms with Crippen LogP contribution in [0.15, 0.2) is 40.5 Å². The van der Waals surface area contributed by atoms with Crippen molar-refractivity contribution in [3.8, 4) is 17.1 Å². The quantitative estimate of drug-likeness (QED) is 0.747. The number of amides is 1. The molecule has 0 aromatic carbocycles. The van der Waals surface area contributed by atoms with Gasteiger partial charge >= 0.3 is 0 Å². The fourth-order valence-electron chi connectivity index (χ4n) is 1.90. The first-order chi connectivity index (χ1) is 11.2. The van der Waals surface area contributed by atoms with Crippen LogP contribution in [-0.2, 0) is 11.2 Å². The first-order valence-electron chi connectivity index (χ1n) is 6.90. The van der Waals surface area contributed by atoms with E-state index in [2.05, 4.69) is 20.4 Å². The van der Waals surface area contributed by atoms with E-state index >= 15 is 0 Å². The molecular formula is C15H14N4O3S. The van der Waals surface area contributed by atoms with Gasteiger partial charge in [0, 0.05) is 42.2 Å². The molecule has 8 heteroatoms. The van der Waals surface area contributed by atoms with Gasteiger partial charge in [0.05, 0.1) is 12.8 Å². The molecule has 1 amide bonds. The predicted molar refractivity (Wildman–Crippen MR) is 85.4 cm³/mol. The summed E-state index contributed by atoms with van der Waals surface area (Å²) in [5.41, 5.74) is 1.70. The summed E-state index contributed by atoms with van der Waals surface area (Å²) in [6.45, 7) is 0. The number of pyridine rings is 1. The lowest BCUT2D eigenvalue weighted by atomic mass is 10.2. The summed E-state index contributed by atoms with van der Waals surface area (Å²) in [7, 11) is 1.51. The molecule has 3 heterocycles. The van der Waals surface area contributed by atoms with Crippen LogP contribution in [0.2, 0.25) is 0 Å². The molecule has 0 aliphatic carbocycles. The van der Waals surface area contributed by atoms with E-state index in [0.29, 0.717) is 23.2 Å². The summed E-state index contributed by atoms with van der Waals surface area (Å²) >= 11 is 1.38. The number of ether oxygens (including phenoxy) is 1. The van der Waals surface area contributed by atoms with E-state index in [9.17, 15) is 4.79 Å². The smallest absolute Gasteiger partial charge is 0.254 e. The van der Waals surface area contributed by atoms with E-state index in [-0.39, 0.29) is 12.3 Å². The Morgan fingerprint density at radius 2 is 2.39 bits per heavy atom. The maximum Gasteiger partial charge on any atom is 0.254 e. The lowest BCUT2D eigenvalue weighted by Crippen LogP contribution is -2.11. The Morgan fingerprint density at radius 1 is 1.48 bits per heavy atom. The van der Waals surface area contributed by atoms with Crippen molar-refractivity contribution in [3.05, 3.63) is 41.7 Å². The summed E-state index contributed by atoms with van der Waals surface area (Å²) < 4.78 is 9.97. The molecule has 0 saturated heterocycles.